The summed E-state index contributed by atoms with van der Waals surface area (Å²) in [6.07, 6.45) is -2.39. The van der Waals surface area contributed by atoms with E-state index in [2.05, 4.69) is 15.6 Å². The molecule has 2 N–H and O–H groups in total. The Bertz CT molecular complexity index is 938. The molecule has 3 aromatic rings. The highest BCUT2D eigenvalue weighted by atomic mass is 32.1. The van der Waals surface area contributed by atoms with E-state index in [0.717, 1.165) is 22.6 Å². The summed E-state index contributed by atoms with van der Waals surface area (Å²) in [5.74, 6) is -0.328. The Labute approximate surface area is 155 Å². The summed E-state index contributed by atoms with van der Waals surface area (Å²) in [5, 5.41) is 5.27. The van der Waals surface area contributed by atoms with Crippen molar-refractivity contribution in [3.05, 3.63) is 76.5 Å². The van der Waals surface area contributed by atoms with Crippen molar-refractivity contribution in [1.82, 2.24) is 4.98 Å². The molecule has 0 atom stereocenters. The molecule has 0 aliphatic rings. The number of halogens is 4. The van der Waals surface area contributed by atoms with E-state index >= 15 is 0 Å². The van der Waals surface area contributed by atoms with Crippen molar-refractivity contribution in [2.45, 2.75) is 12.6 Å². The average Bonchev–Trinajstić information content (AvgIpc) is 3.01. The fourth-order valence-electron chi connectivity index (χ4n) is 2.30. The largest absolute Gasteiger partial charge is 0.416 e. The molecule has 3 rings (SSSR count). The van der Waals surface area contributed by atoms with E-state index in [1.165, 1.54) is 35.6 Å². The maximum absolute atomic E-state index is 13.2. The first kappa shape index (κ1) is 18.8. The summed E-state index contributed by atoms with van der Waals surface area (Å²) in [6, 6.07) is 9.65. The molecule has 0 saturated heterocycles. The quantitative estimate of drug-likeness (QED) is 0.570. The molecule has 0 radical (unpaired) electrons. The molecule has 1 heterocycles. The molecule has 0 bridgehead atoms. The van der Waals surface area contributed by atoms with E-state index in [4.69, 9.17) is 0 Å². The first-order chi connectivity index (χ1) is 12.8. The molecule has 1 aromatic heterocycles. The third kappa shape index (κ3) is 5.27. The van der Waals surface area contributed by atoms with E-state index in [1.807, 2.05) is 0 Å². The number of hydrogen-bond donors (Lipinski definition) is 2. The van der Waals surface area contributed by atoms with Gasteiger partial charge in [-0.05, 0) is 42.0 Å². The topological polar surface area (TPSA) is 54.0 Å². The number of aromatic nitrogens is 1. The Morgan fingerprint density at radius 1 is 1.07 bits per heavy atom. The lowest BCUT2D eigenvalue weighted by Crippen LogP contribution is -2.19. The van der Waals surface area contributed by atoms with E-state index in [-0.39, 0.29) is 11.5 Å². The lowest BCUT2D eigenvalue weighted by molar-refractivity contribution is -0.137. The number of hydrogen-bond acceptors (Lipinski definition) is 3. The molecule has 2 aromatic carbocycles. The number of benzene rings is 2. The maximum atomic E-state index is 13.2. The van der Waals surface area contributed by atoms with Gasteiger partial charge in [-0.2, -0.15) is 13.2 Å². The SMILES string of the molecule is O=C(Nc1ccc(C(F)(F)F)cc1)Nc1ncc(Cc2cccc(F)c2)s1. The highest BCUT2D eigenvalue weighted by Crippen LogP contribution is 2.30. The van der Waals surface area contributed by atoms with Crippen molar-refractivity contribution in [2.75, 3.05) is 10.6 Å². The second-order valence-corrected chi connectivity index (χ2v) is 6.71. The van der Waals surface area contributed by atoms with Gasteiger partial charge in [0.25, 0.3) is 0 Å². The minimum atomic E-state index is -4.43. The van der Waals surface area contributed by atoms with Crippen LogP contribution in [0.1, 0.15) is 16.0 Å². The molecule has 0 unspecified atom stereocenters. The van der Waals surface area contributed by atoms with Crippen LogP contribution in [-0.2, 0) is 12.6 Å². The molecular weight excluding hydrogens is 382 g/mol. The van der Waals surface area contributed by atoms with Crippen molar-refractivity contribution in [3.8, 4) is 0 Å². The van der Waals surface area contributed by atoms with Gasteiger partial charge in [-0.15, -0.1) is 11.3 Å². The first-order valence-electron chi connectivity index (χ1n) is 7.74. The number of anilines is 2. The van der Waals surface area contributed by atoms with Gasteiger partial charge in [0, 0.05) is 23.2 Å². The Kier molecular flexibility index (Phi) is 5.41. The molecule has 27 heavy (non-hydrogen) atoms. The predicted molar refractivity (Wildman–Crippen MR) is 95.4 cm³/mol. The van der Waals surface area contributed by atoms with Crippen molar-refractivity contribution >= 4 is 28.2 Å². The zero-order valence-electron chi connectivity index (χ0n) is 13.7. The number of amides is 2. The molecule has 0 aliphatic carbocycles. The van der Waals surface area contributed by atoms with Gasteiger partial charge in [0.2, 0.25) is 0 Å². The Morgan fingerprint density at radius 2 is 1.81 bits per heavy atom. The van der Waals surface area contributed by atoms with Crippen LogP contribution in [0, 0.1) is 5.82 Å². The van der Waals surface area contributed by atoms with Crippen LogP contribution in [0.15, 0.2) is 54.7 Å². The summed E-state index contributed by atoms with van der Waals surface area (Å²) >= 11 is 1.22. The highest BCUT2D eigenvalue weighted by Gasteiger charge is 2.29. The average molecular weight is 395 g/mol. The van der Waals surface area contributed by atoms with Crippen LogP contribution in [-0.4, -0.2) is 11.0 Å². The number of alkyl halides is 3. The molecular formula is C18H13F4N3OS. The van der Waals surface area contributed by atoms with Crippen LogP contribution in [0.5, 0.6) is 0 Å². The third-order valence-electron chi connectivity index (χ3n) is 3.51. The maximum Gasteiger partial charge on any atom is 0.416 e. The summed E-state index contributed by atoms with van der Waals surface area (Å²) < 4.78 is 50.8. The normalized spacial score (nSPS) is 11.3. The first-order valence-corrected chi connectivity index (χ1v) is 8.56. The van der Waals surface area contributed by atoms with Gasteiger partial charge < -0.3 is 5.32 Å². The molecule has 140 valence electrons. The van der Waals surface area contributed by atoms with Crippen LogP contribution in [0.2, 0.25) is 0 Å². The smallest absolute Gasteiger partial charge is 0.308 e. The minimum Gasteiger partial charge on any atom is -0.308 e. The standard InChI is InChI=1S/C18H13F4N3OS/c19-13-3-1-2-11(8-13)9-15-10-23-17(27-15)25-16(26)24-14-6-4-12(5-7-14)18(20,21)22/h1-8,10H,9H2,(H2,23,24,25,26). The van der Waals surface area contributed by atoms with Crippen molar-refractivity contribution in [1.29, 1.82) is 0 Å². The fraction of sp³-hybridized carbons (Fsp3) is 0.111. The van der Waals surface area contributed by atoms with Crippen LogP contribution in [0.4, 0.5) is 33.2 Å². The molecule has 0 spiro atoms. The van der Waals surface area contributed by atoms with Gasteiger partial charge in [-0.3, -0.25) is 5.32 Å². The van der Waals surface area contributed by atoms with E-state index < -0.39 is 17.8 Å². The van der Waals surface area contributed by atoms with Gasteiger partial charge >= 0.3 is 12.2 Å². The van der Waals surface area contributed by atoms with Gasteiger partial charge in [0.1, 0.15) is 5.82 Å². The number of carbonyl (C=O) groups excluding carboxylic acids is 1. The van der Waals surface area contributed by atoms with Crippen molar-refractivity contribution in [3.63, 3.8) is 0 Å². The van der Waals surface area contributed by atoms with Gasteiger partial charge in [-0.1, -0.05) is 12.1 Å². The summed E-state index contributed by atoms with van der Waals surface area (Å²) in [6.45, 7) is 0. The number of thiazole rings is 1. The van der Waals surface area contributed by atoms with Gasteiger partial charge in [0.05, 0.1) is 5.56 Å². The Balaban J connectivity index is 1.57. The van der Waals surface area contributed by atoms with E-state index in [1.54, 1.807) is 18.3 Å². The second-order valence-electron chi connectivity index (χ2n) is 5.59. The number of nitrogens with zero attached hydrogens (tertiary/aromatic N) is 1. The van der Waals surface area contributed by atoms with Crippen LogP contribution >= 0.6 is 11.3 Å². The highest BCUT2D eigenvalue weighted by molar-refractivity contribution is 7.15. The Morgan fingerprint density at radius 3 is 2.48 bits per heavy atom. The van der Waals surface area contributed by atoms with Crippen LogP contribution in [0.25, 0.3) is 0 Å². The summed E-state index contributed by atoms with van der Waals surface area (Å²) in [5.41, 5.74) is 0.201. The van der Waals surface area contributed by atoms with Gasteiger partial charge in [-0.25, -0.2) is 14.2 Å². The zero-order chi connectivity index (χ0) is 19.4. The monoisotopic (exact) mass is 395 g/mol. The third-order valence-corrected chi connectivity index (χ3v) is 4.42. The van der Waals surface area contributed by atoms with Gasteiger partial charge in [0.15, 0.2) is 5.13 Å². The number of rotatable bonds is 4. The molecule has 4 nitrogen and oxygen atoms in total. The van der Waals surface area contributed by atoms with Crippen molar-refractivity contribution in [2.24, 2.45) is 0 Å². The lowest BCUT2D eigenvalue weighted by atomic mass is 10.1. The van der Waals surface area contributed by atoms with Crippen LogP contribution < -0.4 is 10.6 Å². The van der Waals surface area contributed by atoms with Crippen LogP contribution in [0.3, 0.4) is 0 Å². The molecule has 9 heteroatoms. The van der Waals surface area contributed by atoms with E-state index in [9.17, 15) is 22.4 Å². The summed E-state index contributed by atoms with van der Waals surface area (Å²) in [4.78, 5) is 16.8. The summed E-state index contributed by atoms with van der Waals surface area (Å²) in [7, 11) is 0. The number of nitrogens with one attached hydrogen (secondary N) is 2. The predicted octanol–water partition coefficient (Wildman–Crippen LogP) is 5.54. The minimum absolute atomic E-state index is 0.219. The molecule has 0 aliphatic heterocycles. The lowest BCUT2D eigenvalue weighted by Gasteiger charge is -2.08. The number of carbonyl (C=O) groups is 1. The zero-order valence-corrected chi connectivity index (χ0v) is 14.5. The van der Waals surface area contributed by atoms with E-state index in [0.29, 0.717) is 11.6 Å². The molecule has 0 saturated carbocycles. The fourth-order valence-corrected chi connectivity index (χ4v) is 3.14. The Hall–Kier alpha value is -2.94. The number of urea groups is 1. The second kappa shape index (κ2) is 7.75. The molecule has 2 amide bonds. The van der Waals surface area contributed by atoms with Crippen molar-refractivity contribution < 1.29 is 22.4 Å². The molecule has 0 fully saturated rings.